The zero-order valence-electron chi connectivity index (χ0n) is 8.65. The quantitative estimate of drug-likeness (QED) is 0.742. The Balaban J connectivity index is 3.14. The highest BCUT2D eigenvalue weighted by atomic mass is 14.9. The van der Waals surface area contributed by atoms with E-state index in [1.807, 2.05) is 6.08 Å². The van der Waals surface area contributed by atoms with Crippen LogP contribution >= 0.6 is 0 Å². The fourth-order valence-electron chi connectivity index (χ4n) is 1.44. The lowest BCUT2D eigenvalue weighted by molar-refractivity contribution is 1.19. The van der Waals surface area contributed by atoms with Crippen LogP contribution in [0.1, 0.15) is 23.6 Å². The minimum absolute atomic E-state index is 0.966. The Hall–Kier alpha value is -1.24. The highest BCUT2D eigenvalue weighted by molar-refractivity contribution is 5.63. The van der Waals surface area contributed by atoms with E-state index in [0.717, 1.165) is 6.54 Å². The Morgan fingerprint density at radius 2 is 2.00 bits per heavy atom. The van der Waals surface area contributed by atoms with Crippen molar-refractivity contribution < 1.29 is 0 Å². The molecular formula is C12H17N. The molecule has 1 aromatic rings. The Labute approximate surface area is 80.5 Å². The molecule has 0 atom stereocenters. The summed E-state index contributed by atoms with van der Waals surface area (Å²) < 4.78 is 0. The van der Waals surface area contributed by atoms with E-state index in [0.29, 0.717) is 0 Å². The second-order valence-electron chi connectivity index (χ2n) is 3.19. The average molecular weight is 175 g/mol. The van der Waals surface area contributed by atoms with Crippen LogP contribution in [0.3, 0.4) is 0 Å². The zero-order chi connectivity index (χ0) is 9.84. The van der Waals surface area contributed by atoms with Gasteiger partial charge in [-0.25, -0.2) is 0 Å². The van der Waals surface area contributed by atoms with Gasteiger partial charge in [0.1, 0.15) is 0 Å². The van der Waals surface area contributed by atoms with Crippen LogP contribution in [0.15, 0.2) is 18.7 Å². The third kappa shape index (κ3) is 1.92. The molecule has 0 aliphatic rings. The molecule has 0 heterocycles. The van der Waals surface area contributed by atoms with Crippen LogP contribution in [0.5, 0.6) is 0 Å². The molecule has 1 heteroatoms. The van der Waals surface area contributed by atoms with Gasteiger partial charge in [-0.05, 0) is 43.5 Å². The summed E-state index contributed by atoms with van der Waals surface area (Å²) in [7, 11) is 0. The molecule has 0 bridgehead atoms. The van der Waals surface area contributed by atoms with E-state index in [9.17, 15) is 0 Å². The van der Waals surface area contributed by atoms with Gasteiger partial charge in [-0.1, -0.05) is 18.7 Å². The van der Waals surface area contributed by atoms with Crippen LogP contribution in [0, 0.1) is 13.8 Å². The fourth-order valence-corrected chi connectivity index (χ4v) is 1.44. The SMILES string of the molecule is C=Cc1ccc(NCC)c(C)c1C. The van der Waals surface area contributed by atoms with Crippen molar-refractivity contribution in [3.8, 4) is 0 Å². The van der Waals surface area contributed by atoms with Gasteiger partial charge >= 0.3 is 0 Å². The third-order valence-corrected chi connectivity index (χ3v) is 2.42. The average Bonchev–Trinajstić information content (AvgIpc) is 2.14. The maximum absolute atomic E-state index is 3.79. The molecule has 1 aromatic carbocycles. The van der Waals surface area contributed by atoms with Crippen molar-refractivity contribution >= 4 is 11.8 Å². The van der Waals surface area contributed by atoms with Gasteiger partial charge in [0.25, 0.3) is 0 Å². The van der Waals surface area contributed by atoms with Crippen molar-refractivity contribution in [3.63, 3.8) is 0 Å². The summed E-state index contributed by atoms with van der Waals surface area (Å²) >= 11 is 0. The van der Waals surface area contributed by atoms with Crippen molar-refractivity contribution in [1.82, 2.24) is 0 Å². The molecule has 1 N–H and O–H groups in total. The number of hydrogen-bond acceptors (Lipinski definition) is 1. The second-order valence-corrected chi connectivity index (χ2v) is 3.19. The first-order valence-corrected chi connectivity index (χ1v) is 4.67. The summed E-state index contributed by atoms with van der Waals surface area (Å²) in [5.41, 5.74) is 5.08. The molecule has 0 saturated heterocycles. The molecule has 0 aliphatic carbocycles. The van der Waals surface area contributed by atoms with Gasteiger partial charge in [-0.2, -0.15) is 0 Å². The Kier molecular flexibility index (Phi) is 3.13. The minimum Gasteiger partial charge on any atom is -0.385 e. The summed E-state index contributed by atoms with van der Waals surface area (Å²) in [5.74, 6) is 0. The first kappa shape index (κ1) is 9.85. The molecule has 1 rings (SSSR count). The van der Waals surface area contributed by atoms with E-state index in [2.05, 4.69) is 44.8 Å². The summed E-state index contributed by atoms with van der Waals surface area (Å²) in [5, 5.41) is 3.33. The van der Waals surface area contributed by atoms with Crippen molar-refractivity contribution in [2.24, 2.45) is 0 Å². The predicted molar refractivity (Wildman–Crippen MR) is 60.2 cm³/mol. The number of benzene rings is 1. The molecule has 0 amide bonds. The van der Waals surface area contributed by atoms with Crippen LogP contribution in [-0.4, -0.2) is 6.54 Å². The molecule has 0 fully saturated rings. The number of anilines is 1. The van der Waals surface area contributed by atoms with Gasteiger partial charge < -0.3 is 5.32 Å². The van der Waals surface area contributed by atoms with Crippen LogP contribution in [-0.2, 0) is 0 Å². The first-order chi connectivity index (χ1) is 6.20. The van der Waals surface area contributed by atoms with E-state index in [4.69, 9.17) is 0 Å². The Morgan fingerprint density at radius 3 is 2.54 bits per heavy atom. The van der Waals surface area contributed by atoms with E-state index in [1.165, 1.54) is 22.4 Å². The third-order valence-electron chi connectivity index (χ3n) is 2.42. The lowest BCUT2D eigenvalue weighted by Crippen LogP contribution is -2.00. The highest BCUT2D eigenvalue weighted by Crippen LogP contribution is 2.22. The maximum Gasteiger partial charge on any atom is 0.0372 e. The zero-order valence-corrected chi connectivity index (χ0v) is 8.65. The van der Waals surface area contributed by atoms with Crippen LogP contribution in [0.4, 0.5) is 5.69 Å². The molecule has 0 aliphatic heterocycles. The molecule has 0 aromatic heterocycles. The van der Waals surface area contributed by atoms with Gasteiger partial charge in [-0.15, -0.1) is 0 Å². The van der Waals surface area contributed by atoms with Gasteiger partial charge in [-0.3, -0.25) is 0 Å². The van der Waals surface area contributed by atoms with Crippen molar-refractivity contribution in [2.75, 3.05) is 11.9 Å². The van der Waals surface area contributed by atoms with Crippen LogP contribution in [0.25, 0.3) is 6.08 Å². The fraction of sp³-hybridized carbons (Fsp3) is 0.333. The molecule has 70 valence electrons. The predicted octanol–water partition coefficient (Wildman–Crippen LogP) is 3.38. The maximum atomic E-state index is 3.79. The van der Waals surface area contributed by atoms with E-state index in [-0.39, 0.29) is 0 Å². The summed E-state index contributed by atoms with van der Waals surface area (Å²) in [6, 6.07) is 4.22. The monoisotopic (exact) mass is 175 g/mol. The second kappa shape index (κ2) is 4.13. The van der Waals surface area contributed by atoms with E-state index in [1.54, 1.807) is 0 Å². The van der Waals surface area contributed by atoms with Gasteiger partial charge in [0.05, 0.1) is 0 Å². The van der Waals surface area contributed by atoms with Gasteiger partial charge in [0, 0.05) is 12.2 Å². The van der Waals surface area contributed by atoms with Crippen LogP contribution in [0.2, 0.25) is 0 Å². The van der Waals surface area contributed by atoms with E-state index >= 15 is 0 Å². The number of rotatable bonds is 3. The largest absolute Gasteiger partial charge is 0.385 e. The molecule has 0 spiro atoms. The summed E-state index contributed by atoms with van der Waals surface area (Å²) in [6.07, 6.45) is 1.90. The molecular weight excluding hydrogens is 158 g/mol. The summed E-state index contributed by atoms with van der Waals surface area (Å²) in [4.78, 5) is 0. The standard InChI is InChI=1S/C12H17N/c1-5-11-7-8-12(13-6-2)10(4)9(11)3/h5,7-8,13H,1,6H2,2-4H3. The van der Waals surface area contributed by atoms with Gasteiger partial charge in [0.2, 0.25) is 0 Å². The van der Waals surface area contributed by atoms with Crippen molar-refractivity contribution in [2.45, 2.75) is 20.8 Å². The highest BCUT2D eigenvalue weighted by Gasteiger charge is 2.02. The molecule has 13 heavy (non-hydrogen) atoms. The summed E-state index contributed by atoms with van der Waals surface area (Å²) in [6.45, 7) is 11.1. The smallest absolute Gasteiger partial charge is 0.0372 e. The van der Waals surface area contributed by atoms with Gasteiger partial charge in [0.15, 0.2) is 0 Å². The molecule has 1 nitrogen and oxygen atoms in total. The van der Waals surface area contributed by atoms with Crippen molar-refractivity contribution in [1.29, 1.82) is 0 Å². The Bertz CT molecular complexity index is 313. The number of nitrogens with one attached hydrogen (secondary N) is 1. The van der Waals surface area contributed by atoms with E-state index < -0.39 is 0 Å². The Morgan fingerprint density at radius 1 is 1.31 bits per heavy atom. The normalized spacial score (nSPS) is 9.77. The minimum atomic E-state index is 0.966. The lowest BCUT2D eigenvalue weighted by atomic mass is 10.0. The molecule has 0 radical (unpaired) electrons. The van der Waals surface area contributed by atoms with Crippen LogP contribution < -0.4 is 5.32 Å². The molecule has 0 unspecified atom stereocenters. The first-order valence-electron chi connectivity index (χ1n) is 4.67. The lowest BCUT2D eigenvalue weighted by Gasteiger charge is -2.11. The van der Waals surface area contributed by atoms with Crippen molar-refractivity contribution in [3.05, 3.63) is 35.4 Å². The number of hydrogen-bond donors (Lipinski definition) is 1. The molecule has 0 saturated carbocycles. The topological polar surface area (TPSA) is 12.0 Å².